The molecule has 0 unspecified atom stereocenters. The van der Waals surface area contributed by atoms with E-state index >= 15 is 0 Å². The van der Waals surface area contributed by atoms with Crippen LogP contribution in [0.2, 0.25) is 0 Å². The highest BCUT2D eigenvalue weighted by Gasteiger charge is 2.22. The molecule has 0 aliphatic rings. The van der Waals surface area contributed by atoms with Gasteiger partial charge in [-0.3, -0.25) is 15.1 Å². The zero-order valence-corrected chi connectivity index (χ0v) is 17.8. The predicted octanol–water partition coefficient (Wildman–Crippen LogP) is 4.88. The molecule has 0 fully saturated rings. The first-order valence-electron chi connectivity index (χ1n) is 9.78. The molecule has 0 spiro atoms. The van der Waals surface area contributed by atoms with Gasteiger partial charge in [0.25, 0.3) is 5.91 Å². The van der Waals surface area contributed by atoms with Gasteiger partial charge in [-0.2, -0.15) is 5.10 Å². The normalized spacial score (nSPS) is 10.9. The van der Waals surface area contributed by atoms with E-state index in [4.69, 9.17) is 0 Å². The number of hydrogen-bond acceptors (Lipinski definition) is 5. The summed E-state index contributed by atoms with van der Waals surface area (Å²) in [4.78, 5) is 22.9. The summed E-state index contributed by atoms with van der Waals surface area (Å²) in [5.41, 5.74) is 2.11. The zero-order valence-electron chi connectivity index (χ0n) is 16.9. The average molecular weight is 444 g/mol. The Kier molecular flexibility index (Phi) is 5.08. The second kappa shape index (κ2) is 8.20. The molecule has 1 aromatic carbocycles. The molecule has 9 heteroatoms. The number of carbonyl (C=O) groups excluding carboxylic acids is 1. The van der Waals surface area contributed by atoms with Crippen LogP contribution < -0.4 is 5.32 Å². The van der Waals surface area contributed by atoms with E-state index in [1.165, 1.54) is 28.3 Å². The number of aromatic nitrogens is 5. The van der Waals surface area contributed by atoms with Gasteiger partial charge in [0, 0.05) is 18.6 Å². The largest absolute Gasteiger partial charge is 0.308 e. The Morgan fingerprint density at radius 2 is 1.84 bits per heavy atom. The first-order valence-corrected chi connectivity index (χ1v) is 10.6. The Hall–Kier alpha value is -4.11. The van der Waals surface area contributed by atoms with Crippen molar-refractivity contribution in [1.29, 1.82) is 0 Å². The number of nitrogens with one attached hydrogen (secondary N) is 1. The third-order valence-electron chi connectivity index (χ3n) is 4.83. The predicted molar refractivity (Wildman–Crippen MR) is 121 cm³/mol. The minimum atomic E-state index is -0.438. The number of halogens is 1. The number of benzene rings is 1. The molecule has 0 saturated carbocycles. The molecular formula is C23H17FN6OS. The minimum absolute atomic E-state index is 0.248. The summed E-state index contributed by atoms with van der Waals surface area (Å²) in [5.74, 6) is -0.403. The van der Waals surface area contributed by atoms with Crippen molar-refractivity contribution < 1.29 is 9.18 Å². The van der Waals surface area contributed by atoms with Crippen LogP contribution in [-0.4, -0.2) is 30.2 Å². The van der Waals surface area contributed by atoms with E-state index in [-0.39, 0.29) is 11.3 Å². The molecule has 0 aliphatic carbocycles. The van der Waals surface area contributed by atoms with Crippen LogP contribution in [-0.2, 0) is 0 Å². The molecule has 0 saturated heterocycles. The van der Waals surface area contributed by atoms with Gasteiger partial charge >= 0.3 is 0 Å². The highest BCUT2D eigenvalue weighted by atomic mass is 32.1. The van der Waals surface area contributed by atoms with E-state index in [0.29, 0.717) is 10.9 Å². The van der Waals surface area contributed by atoms with E-state index in [9.17, 15) is 9.18 Å². The molecule has 1 amide bonds. The van der Waals surface area contributed by atoms with Crippen molar-refractivity contribution in [3.8, 4) is 22.1 Å². The monoisotopic (exact) mass is 444 g/mol. The van der Waals surface area contributed by atoms with Crippen molar-refractivity contribution in [1.82, 2.24) is 24.3 Å². The fourth-order valence-corrected chi connectivity index (χ4v) is 4.31. The summed E-state index contributed by atoms with van der Waals surface area (Å²) in [6, 6.07) is 15.6. The smallest absolute Gasteiger partial charge is 0.262 e. The van der Waals surface area contributed by atoms with Gasteiger partial charge in [0.05, 0.1) is 22.5 Å². The molecule has 4 heterocycles. The summed E-state index contributed by atoms with van der Waals surface area (Å²) in [6.45, 7) is 1.87. The van der Waals surface area contributed by atoms with Crippen LogP contribution in [0, 0.1) is 12.7 Å². The van der Waals surface area contributed by atoms with Crippen molar-refractivity contribution in [2.75, 3.05) is 5.32 Å². The number of aryl methyl sites for hydroxylation is 1. The summed E-state index contributed by atoms with van der Waals surface area (Å²) >= 11 is 1.34. The first kappa shape index (κ1) is 19.8. The number of nitrogens with zero attached hydrogens (tertiary/aromatic N) is 5. The maximum Gasteiger partial charge on any atom is 0.262 e. The lowest BCUT2D eigenvalue weighted by Crippen LogP contribution is -2.15. The summed E-state index contributed by atoms with van der Waals surface area (Å²) < 4.78 is 17.6. The number of thiazole rings is 1. The Bertz CT molecular complexity index is 1390. The van der Waals surface area contributed by atoms with E-state index < -0.39 is 11.7 Å². The minimum Gasteiger partial charge on any atom is -0.308 e. The van der Waals surface area contributed by atoms with Gasteiger partial charge in [0.2, 0.25) is 0 Å². The Labute approximate surface area is 186 Å². The molecule has 7 nitrogen and oxygen atoms in total. The molecular weight excluding hydrogens is 427 g/mol. The summed E-state index contributed by atoms with van der Waals surface area (Å²) in [5, 5.41) is 7.60. The highest BCUT2D eigenvalue weighted by Crippen LogP contribution is 2.32. The van der Waals surface area contributed by atoms with Crippen molar-refractivity contribution in [3.63, 3.8) is 0 Å². The number of anilines is 1. The number of hydrogen-bond donors (Lipinski definition) is 1. The molecule has 32 heavy (non-hydrogen) atoms. The van der Waals surface area contributed by atoms with Crippen LogP contribution in [0.4, 0.5) is 9.52 Å². The maximum atomic E-state index is 14.5. The lowest BCUT2D eigenvalue weighted by atomic mass is 10.2. The fourth-order valence-electron chi connectivity index (χ4n) is 3.38. The second-order valence-electron chi connectivity index (χ2n) is 6.94. The maximum absolute atomic E-state index is 14.5. The quantitative estimate of drug-likeness (QED) is 0.419. The Balaban J connectivity index is 1.52. The van der Waals surface area contributed by atoms with Gasteiger partial charge in [-0.15, -0.1) is 0 Å². The zero-order chi connectivity index (χ0) is 22.1. The summed E-state index contributed by atoms with van der Waals surface area (Å²) in [6.07, 6.45) is 6.69. The van der Waals surface area contributed by atoms with E-state index in [0.717, 1.165) is 16.3 Å². The van der Waals surface area contributed by atoms with Crippen LogP contribution in [0.1, 0.15) is 16.1 Å². The number of amides is 1. The van der Waals surface area contributed by atoms with Gasteiger partial charge in [0.1, 0.15) is 17.1 Å². The SMILES string of the molecule is Cc1nc(NC(=O)c2cnn(-c3ccccc3F)c2-n2cccc2)sc1-c1ccccn1. The molecule has 5 rings (SSSR count). The number of para-hydroxylation sites is 1. The molecule has 0 atom stereocenters. The molecule has 0 bridgehead atoms. The Morgan fingerprint density at radius 3 is 2.59 bits per heavy atom. The number of carbonyl (C=O) groups is 1. The van der Waals surface area contributed by atoms with Gasteiger partial charge in [-0.25, -0.2) is 14.1 Å². The van der Waals surface area contributed by atoms with Gasteiger partial charge in [0.15, 0.2) is 10.9 Å². The molecule has 4 aromatic heterocycles. The molecule has 158 valence electrons. The van der Waals surface area contributed by atoms with Crippen molar-refractivity contribution in [3.05, 3.63) is 96.5 Å². The van der Waals surface area contributed by atoms with Crippen molar-refractivity contribution in [2.24, 2.45) is 0 Å². The van der Waals surface area contributed by atoms with Crippen LogP contribution in [0.25, 0.3) is 22.1 Å². The molecule has 1 N–H and O–H groups in total. The van der Waals surface area contributed by atoms with Crippen LogP contribution in [0.5, 0.6) is 0 Å². The van der Waals surface area contributed by atoms with Gasteiger partial charge in [-0.1, -0.05) is 29.5 Å². The Morgan fingerprint density at radius 1 is 1.06 bits per heavy atom. The second-order valence-corrected chi connectivity index (χ2v) is 7.94. The van der Waals surface area contributed by atoms with Crippen LogP contribution >= 0.6 is 11.3 Å². The van der Waals surface area contributed by atoms with Crippen molar-refractivity contribution in [2.45, 2.75) is 6.92 Å². The molecule has 5 aromatic rings. The molecule has 0 radical (unpaired) electrons. The third-order valence-corrected chi connectivity index (χ3v) is 5.93. The highest BCUT2D eigenvalue weighted by molar-refractivity contribution is 7.19. The topological polar surface area (TPSA) is 77.6 Å². The first-order chi connectivity index (χ1) is 15.6. The van der Waals surface area contributed by atoms with Crippen molar-refractivity contribution >= 4 is 22.4 Å². The van der Waals surface area contributed by atoms with Crippen LogP contribution in [0.3, 0.4) is 0 Å². The number of pyridine rings is 1. The fraction of sp³-hybridized carbons (Fsp3) is 0.0435. The van der Waals surface area contributed by atoms with E-state index in [2.05, 4.69) is 20.4 Å². The van der Waals surface area contributed by atoms with Gasteiger partial charge < -0.3 is 4.57 Å². The van der Waals surface area contributed by atoms with Gasteiger partial charge in [-0.05, 0) is 43.3 Å². The average Bonchev–Trinajstić information content (AvgIpc) is 3.54. The summed E-state index contributed by atoms with van der Waals surface area (Å²) in [7, 11) is 0. The van der Waals surface area contributed by atoms with E-state index in [1.807, 2.05) is 37.3 Å². The van der Waals surface area contributed by atoms with Crippen LogP contribution in [0.15, 0.2) is 79.4 Å². The lowest BCUT2D eigenvalue weighted by Gasteiger charge is -2.11. The number of rotatable bonds is 5. The standard InChI is InChI=1S/C23H17FN6OS/c1-15-20(18-9-4-5-11-25-18)32-23(27-15)28-21(31)16-14-26-30(19-10-3-2-8-17(19)24)22(16)29-12-6-7-13-29/h2-14H,1H3,(H,27,28,31). The van der Waals surface area contributed by atoms with E-state index in [1.54, 1.807) is 41.4 Å². The third kappa shape index (κ3) is 3.58. The lowest BCUT2D eigenvalue weighted by molar-refractivity contribution is 0.102. The molecule has 0 aliphatic heterocycles.